The minimum Gasteiger partial charge on any atom is -0.392 e. The summed E-state index contributed by atoms with van der Waals surface area (Å²) < 4.78 is 0. The third-order valence-corrected chi connectivity index (χ3v) is 2.69. The lowest BCUT2D eigenvalue weighted by molar-refractivity contribution is 0.0434. The Kier molecular flexibility index (Phi) is 3.33. The molecule has 0 spiro atoms. The molecule has 1 heteroatoms. The van der Waals surface area contributed by atoms with Gasteiger partial charge in [0.1, 0.15) is 0 Å². The number of aliphatic hydroxyl groups excluding tert-OH is 1. The third kappa shape index (κ3) is 2.58. The molecule has 0 heterocycles. The first-order valence-corrected chi connectivity index (χ1v) is 5.16. The minimum atomic E-state index is -0.301. The fourth-order valence-corrected chi connectivity index (χ4v) is 1.69. The Morgan fingerprint density at radius 1 is 1.07 bits per heavy atom. The molecule has 78 valence electrons. The molecule has 1 rings (SSSR count). The van der Waals surface area contributed by atoms with Crippen LogP contribution in [0.25, 0.3) is 0 Å². The van der Waals surface area contributed by atoms with Gasteiger partial charge in [-0.3, -0.25) is 0 Å². The number of hydrogen-bond donors (Lipinski definition) is 1. The van der Waals surface area contributed by atoms with Gasteiger partial charge >= 0.3 is 0 Å². The van der Waals surface area contributed by atoms with E-state index in [1.165, 1.54) is 5.56 Å². The summed E-state index contributed by atoms with van der Waals surface area (Å²) in [7, 11) is 0. The van der Waals surface area contributed by atoms with Crippen LogP contribution in [0.1, 0.15) is 39.2 Å². The van der Waals surface area contributed by atoms with Crippen molar-refractivity contribution in [2.24, 2.45) is 5.41 Å². The number of benzene rings is 1. The number of aliphatic hydroxyl groups is 1. The van der Waals surface area contributed by atoms with Gasteiger partial charge < -0.3 is 5.11 Å². The Morgan fingerprint density at radius 2 is 1.57 bits per heavy atom. The minimum absolute atomic E-state index is 0.0603. The summed E-state index contributed by atoms with van der Waals surface area (Å²) in [5.41, 5.74) is 1.14. The number of rotatable bonds is 2. The molecule has 0 aliphatic heterocycles. The molecular formula is C13H20O. The molecule has 1 aromatic rings. The van der Waals surface area contributed by atoms with Gasteiger partial charge in [0, 0.05) is 5.92 Å². The molecule has 0 unspecified atom stereocenters. The van der Waals surface area contributed by atoms with Crippen LogP contribution in [0.4, 0.5) is 0 Å². The van der Waals surface area contributed by atoms with E-state index in [0.717, 1.165) is 0 Å². The summed E-state index contributed by atoms with van der Waals surface area (Å²) in [6, 6.07) is 10.2. The highest BCUT2D eigenvalue weighted by molar-refractivity contribution is 5.20. The third-order valence-electron chi connectivity index (χ3n) is 2.69. The first-order chi connectivity index (χ1) is 6.43. The maximum Gasteiger partial charge on any atom is 0.0654 e. The zero-order valence-electron chi connectivity index (χ0n) is 9.49. The van der Waals surface area contributed by atoms with Gasteiger partial charge in [-0.15, -0.1) is 0 Å². The van der Waals surface area contributed by atoms with Gasteiger partial charge in [0.2, 0.25) is 0 Å². The summed E-state index contributed by atoms with van der Waals surface area (Å²) in [5, 5.41) is 10.1. The molecule has 2 atom stereocenters. The highest BCUT2D eigenvalue weighted by Gasteiger charge is 2.28. The van der Waals surface area contributed by atoms with Crippen molar-refractivity contribution in [3.8, 4) is 0 Å². The summed E-state index contributed by atoms with van der Waals surface area (Å²) >= 11 is 0. The van der Waals surface area contributed by atoms with Crippen LogP contribution in [0.2, 0.25) is 0 Å². The number of hydrogen-bond acceptors (Lipinski definition) is 1. The van der Waals surface area contributed by atoms with E-state index in [9.17, 15) is 5.11 Å². The van der Waals surface area contributed by atoms with Gasteiger partial charge in [-0.05, 0) is 11.0 Å². The standard InChI is InChI=1S/C13H20O/c1-10(12(14)13(2,3)4)11-8-6-5-7-9-11/h5-10,12,14H,1-4H3/t10-,12+/m0/s1. The molecular weight excluding hydrogens is 172 g/mol. The molecule has 0 bridgehead atoms. The maximum absolute atomic E-state index is 10.1. The molecule has 0 aromatic heterocycles. The van der Waals surface area contributed by atoms with Crippen LogP contribution in [0, 0.1) is 5.41 Å². The lowest BCUT2D eigenvalue weighted by Gasteiger charge is -2.31. The molecule has 1 nitrogen and oxygen atoms in total. The summed E-state index contributed by atoms with van der Waals surface area (Å²) in [4.78, 5) is 0. The van der Waals surface area contributed by atoms with E-state index >= 15 is 0 Å². The van der Waals surface area contributed by atoms with E-state index in [0.29, 0.717) is 0 Å². The smallest absolute Gasteiger partial charge is 0.0654 e. The van der Waals surface area contributed by atoms with Crippen LogP contribution in [-0.4, -0.2) is 11.2 Å². The van der Waals surface area contributed by atoms with E-state index in [1.807, 2.05) is 18.2 Å². The second-order valence-corrected chi connectivity index (χ2v) is 5.01. The Bertz CT molecular complexity index is 271. The van der Waals surface area contributed by atoms with E-state index in [4.69, 9.17) is 0 Å². The van der Waals surface area contributed by atoms with Gasteiger partial charge in [0.05, 0.1) is 6.10 Å². The second-order valence-electron chi connectivity index (χ2n) is 5.01. The Hall–Kier alpha value is -0.820. The zero-order chi connectivity index (χ0) is 10.8. The summed E-state index contributed by atoms with van der Waals surface area (Å²) in [5.74, 6) is 0.191. The van der Waals surface area contributed by atoms with Crippen molar-refractivity contribution in [2.75, 3.05) is 0 Å². The molecule has 0 radical (unpaired) electrons. The Morgan fingerprint density at radius 3 is 2.00 bits per heavy atom. The summed E-state index contributed by atoms with van der Waals surface area (Å²) in [6.07, 6.45) is -0.301. The van der Waals surface area contributed by atoms with E-state index in [-0.39, 0.29) is 17.4 Å². The van der Waals surface area contributed by atoms with Crippen LogP contribution in [0.5, 0.6) is 0 Å². The first-order valence-electron chi connectivity index (χ1n) is 5.16. The van der Waals surface area contributed by atoms with Crippen molar-refractivity contribution in [1.29, 1.82) is 0 Å². The van der Waals surface area contributed by atoms with Gasteiger partial charge in [0.25, 0.3) is 0 Å². The lowest BCUT2D eigenvalue weighted by atomic mass is 9.79. The van der Waals surface area contributed by atoms with Crippen LogP contribution in [0.3, 0.4) is 0 Å². The lowest BCUT2D eigenvalue weighted by Crippen LogP contribution is -2.31. The van der Waals surface area contributed by atoms with Gasteiger partial charge in [-0.1, -0.05) is 58.0 Å². The Balaban J connectivity index is 2.81. The molecule has 14 heavy (non-hydrogen) atoms. The topological polar surface area (TPSA) is 20.2 Å². The van der Waals surface area contributed by atoms with Crippen LogP contribution < -0.4 is 0 Å². The predicted octanol–water partition coefficient (Wildman–Crippen LogP) is 3.20. The van der Waals surface area contributed by atoms with Crippen molar-refractivity contribution in [3.05, 3.63) is 35.9 Å². The molecule has 1 aromatic carbocycles. The predicted molar refractivity (Wildman–Crippen MR) is 60.3 cm³/mol. The van der Waals surface area contributed by atoms with E-state index < -0.39 is 0 Å². The highest BCUT2D eigenvalue weighted by Crippen LogP contribution is 2.31. The van der Waals surface area contributed by atoms with Gasteiger partial charge in [-0.2, -0.15) is 0 Å². The normalized spacial score (nSPS) is 16.4. The average Bonchev–Trinajstić information content (AvgIpc) is 2.15. The van der Waals surface area contributed by atoms with Gasteiger partial charge in [-0.25, -0.2) is 0 Å². The van der Waals surface area contributed by atoms with Gasteiger partial charge in [0.15, 0.2) is 0 Å². The van der Waals surface area contributed by atoms with E-state index in [2.05, 4.69) is 39.8 Å². The quantitative estimate of drug-likeness (QED) is 0.763. The summed E-state index contributed by atoms with van der Waals surface area (Å²) in [6.45, 7) is 8.27. The molecule has 0 saturated carbocycles. The second kappa shape index (κ2) is 4.14. The van der Waals surface area contributed by atoms with Crippen molar-refractivity contribution >= 4 is 0 Å². The van der Waals surface area contributed by atoms with E-state index in [1.54, 1.807) is 0 Å². The largest absolute Gasteiger partial charge is 0.392 e. The molecule has 0 fully saturated rings. The highest BCUT2D eigenvalue weighted by atomic mass is 16.3. The molecule has 0 amide bonds. The maximum atomic E-state index is 10.1. The molecule has 0 aliphatic carbocycles. The average molecular weight is 192 g/mol. The molecule has 1 N–H and O–H groups in total. The van der Waals surface area contributed by atoms with Crippen LogP contribution in [0.15, 0.2) is 30.3 Å². The fraction of sp³-hybridized carbons (Fsp3) is 0.538. The molecule has 0 aliphatic rings. The SMILES string of the molecule is C[C@@H](c1ccccc1)[C@@H](O)C(C)(C)C. The van der Waals surface area contributed by atoms with Crippen molar-refractivity contribution in [1.82, 2.24) is 0 Å². The monoisotopic (exact) mass is 192 g/mol. The van der Waals surface area contributed by atoms with Crippen LogP contribution in [-0.2, 0) is 0 Å². The fourth-order valence-electron chi connectivity index (χ4n) is 1.69. The first kappa shape index (κ1) is 11.3. The zero-order valence-corrected chi connectivity index (χ0v) is 9.49. The van der Waals surface area contributed by atoms with Crippen molar-refractivity contribution in [3.63, 3.8) is 0 Å². The van der Waals surface area contributed by atoms with Crippen LogP contribution >= 0.6 is 0 Å². The Labute approximate surface area is 86.8 Å². The van der Waals surface area contributed by atoms with Crippen molar-refractivity contribution < 1.29 is 5.11 Å². The van der Waals surface area contributed by atoms with Crippen molar-refractivity contribution in [2.45, 2.75) is 39.7 Å². The molecule has 0 saturated heterocycles.